The van der Waals surface area contributed by atoms with Gasteiger partial charge in [0.05, 0.1) is 13.7 Å². The molecule has 0 saturated carbocycles. The molecule has 2 aromatic carbocycles. The number of carbonyl (C=O) groups excluding carboxylic acids is 1. The molecule has 2 aromatic rings. The lowest BCUT2D eigenvalue weighted by Gasteiger charge is -2.13. The van der Waals surface area contributed by atoms with Gasteiger partial charge in [0.15, 0.2) is 5.96 Å². The zero-order valence-corrected chi connectivity index (χ0v) is 21.1. The van der Waals surface area contributed by atoms with Crippen LogP contribution in [-0.2, 0) is 13.0 Å². The number of benzene rings is 2. The first-order chi connectivity index (χ1) is 14.7. The van der Waals surface area contributed by atoms with Gasteiger partial charge in [-0.1, -0.05) is 43.7 Å². The number of hydrogen-bond acceptors (Lipinski definition) is 3. The number of halogens is 1. The van der Waals surface area contributed by atoms with Crippen LogP contribution >= 0.6 is 24.0 Å². The van der Waals surface area contributed by atoms with Gasteiger partial charge in [-0.2, -0.15) is 0 Å². The molecule has 6 nitrogen and oxygen atoms in total. The van der Waals surface area contributed by atoms with Crippen molar-refractivity contribution in [3.05, 3.63) is 65.2 Å². The molecule has 0 aliphatic heterocycles. The Kier molecular flexibility index (Phi) is 13.4. The van der Waals surface area contributed by atoms with Crippen LogP contribution in [-0.4, -0.2) is 38.6 Å². The molecule has 0 aliphatic rings. The van der Waals surface area contributed by atoms with Crippen molar-refractivity contribution in [2.24, 2.45) is 4.99 Å². The maximum absolute atomic E-state index is 12.1. The third-order valence-electron chi connectivity index (χ3n) is 4.68. The van der Waals surface area contributed by atoms with E-state index >= 15 is 0 Å². The standard InChI is InChI=1S/C24H34N4O2.HI/c1-4-6-16-26-23(29)21-13-11-19(12-14-21)18-28-24(25-5-2)27-17-15-20-9-7-8-10-22(20)30-3;/h7-14H,4-6,15-18H2,1-3H3,(H,26,29)(H2,25,27,28);1H. The molecule has 0 fully saturated rings. The number of nitrogens with one attached hydrogen (secondary N) is 3. The smallest absolute Gasteiger partial charge is 0.251 e. The topological polar surface area (TPSA) is 74.8 Å². The van der Waals surface area contributed by atoms with Gasteiger partial charge in [-0.05, 0) is 49.1 Å². The van der Waals surface area contributed by atoms with Gasteiger partial charge in [0, 0.05) is 25.2 Å². The minimum Gasteiger partial charge on any atom is -0.496 e. The Morgan fingerprint density at radius 3 is 2.39 bits per heavy atom. The number of amides is 1. The van der Waals surface area contributed by atoms with Crippen LogP contribution < -0.4 is 20.7 Å². The first-order valence-electron chi connectivity index (χ1n) is 10.7. The fourth-order valence-corrected chi connectivity index (χ4v) is 2.98. The molecule has 7 heteroatoms. The molecule has 0 aromatic heterocycles. The number of hydrogen-bond donors (Lipinski definition) is 3. The van der Waals surface area contributed by atoms with E-state index in [1.165, 1.54) is 0 Å². The van der Waals surface area contributed by atoms with E-state index in [1.807, 2.05) is 49.4 Å². The lowest BCUT2D eigenvalue weighted by atomic mass is 10.1. The Hall–Kier alpha value is -2.29. The molecule has 0 aliphatic carbocycles. The number of aliphatic imine (C=N–C) groups is 1. The highest BCUT2D eigenvalue weighted by Gasteiger charge is 2.05. The molecule has 0 atom stereocenters. The Morgan fingerprint density at radius 2 is 1.71 bits per heavy atom. The van der Waals surface area contributed by atoms with Crippen molar-refractivity contribution in [1.29, 1.82) is 0 Å². The predicted octanol–water partition coefficient (Wildman–Crippen LogP) is 4.14. The second kappa shape index (κ2) is 15.5. The van der Waals surface area contributed by atoms with Crippen LogP contribution in [0.1, 0.15) is 48.2 Å². The molecule has 1 amide bonds. The van der Waals surface area contributed by atoms with Crippen molar-refractivity contribution in [2.75, 3.05) is 26.7 Å². The van der Waals surface area contributed by atoms with Crippen molar-refractivity contribution < 1.29 is 9.53 Å². The van der Waals surface area contributed by atoms with E-state index in [9.17, 15) is 4.79 Å². The number of carbonyl (C=O) groups is 1. The normalized spacial score (nSPS) is 10.7. The molecule has 2 rings (SSSR count). The molecule has 31 heavy (non-hydrogen) atoms. The van der Waals surface area contributed by atoms with Gasteiger partial charge in [-0.3, -0.25) is 4.79 Å². The second-order valence-electron chi connectivity index (χ2n) is 6.99. The first kappa shape index (κ1) is 26.7. The zero-order valence-electron chi connectivity index (χ0n) is 18.7. The van der Waals surface area contributed by atoms with Crippen LogP contribution in [0.2, 0.25) is 0 Å². The second-order valence-corrected chi connectivity index (χ2v) is 6.99. The molecular weight excluding hydrogens is 503 g/mol. The Balaban J connectivity index is 0.00000480. The summed E-state index contributed by atoms with van der Waals surface area (Å²) in [5.74, 6) is 1.65. The summed E-state index contributed by atoms with van der Waals surface area (Å²) in [5.41, 5.74) is 2.90. The summed E-state index contributed by atoms with van der Waals surface area (Å²) in [6.45, 7) is 6.95. The van der Waals surface area contributed by atoms with Crippen LogP contribution in [0.3, 0.4) is 0 Å². The fourth-order valence-electron chi connectivity index (χ4n) is 2.98. The largest absolute Gasteiger partial charge is 0.496 e. The number of para-hydroxylation sites is 1. The van der Waals surface area contributed by atoms with Gasteiger partial charge < -0.3 is 20.7 Å². The average Bonchev–Trinajstić information content (AvgIpc) is 2.78. The Morgan fingerprint density at radius 1 is 0.968 bits per heavy atom. The summed E-state index contributed by atoms with van der Waals surface area (Å²) >= 11 is 0. The van der Waals surface area contributed by atoms with Gasteiger partial charge in [0.2, 0.25) is 0 Å². The monoisotopic (exact) mass is 538 g/mol. The van der Waals surface area contributed by atoms with Crippen LogP contribution in [0, 0.1) is 0 Å². The number of methoxy groups -OCH3 is 1. The van der Waals surface area contributed by atoms with E-state index in [0.717, 1.165) is 55.2 Å². The Bertz CT molecular complexity index is 809. The fraction of sp³-hybridized carbons (Fsp3) is 0.417. The summed E-state index contributed by atoms with van der Waals surface area (Å²) in [5, 5.41) is 9.57. The number of nitrogens with zero attached hydrogens (tertiary/aromatic N) is 1. The highest BCUT2D eigenvalue weighted by atomic mass is 127. The number of unbranched alkanes of at least 4 members (excludes halogenated alkanes) is 1. The first-order valence-corrected chi connectivity index (χ1v) is 10.7. The van der Waals surface area contributed by atoms with Crippen LogP contribution in [0.25, 0.3) is 0 Å². The third-order valence-corrected chi connectivity index (χ3v) is 4.68. The van der Waals surface area contributed by atoms with Crippen LogP contribution in [0.4, 0.5) is 0 Å². The molecule has 0 saturated heterocycles. The van der Waals surface area contributed by atoms with Gasteiger partial charge in [-0.15, -0.1) is 24.0 Å². The van der Waals surface area contributed by atoms with E-state index in [-0.39, 0.29) is 29.9 Å². The van der Waals surface area contributed by atoms with E-state index in [4.69, 9.17) is 4.74 Å². The molecule has 0 unspecified atom stereocenters. The zero-order chi connectivity index (χ0) is 21.6. The number of ether oxygens (including phenoxy) is 1. The van der Waals surface area contributed by atoms with E-state index < -0.39 is 0 Å². The highest BCUT2D eigenvalue weighted by Crippen LogP contribution is 2.17. The maximum atomic E-state index is 12.1. The summed E-state index contributed by atoms with van der Waals surface area (Å²) in [7, 11) is 1.69. The van der Waals surface area contributed by atoms with E-state index in [0.29, 0.717) is 18.7 Å². The molecular formula is C24H35IN4O2. The third kappa shape index (κ3) is 9.59. The number of rotatable bonds is 11. The van der Waals surface area contributed by atoms with Gasteiger partial charge in [0.25, 0.3) is 5.91 Å². The van der Waals surface area contributed by atoms with E-state index in [1.54, 1.807) is 7.11 Å². The lowest BCUT2D eigenvalue weighted by molar-refractivity contribution is 0.0953. The number of guanidine groups is 1. The van der Waals surface area contributed by atoms with Crippen molar-refractivity contribution in [2.45, 2.75) is 39.7 Å². The summed E-state index contributed by atoms with van der Waals surface area (Å²) in [4.78, 5) is 16.8. The highest BCUT2D eigenvalue weighted by molar-refractivity contribution is 14.0. The Labute approximate surface area is 203 Å². The molecule has 0 heterocycles. The van der Waals surface area contributed by atoms with Crippen LogP contribution in [0.5, 0.6) is 5.75 Å². The van der Waals surface area contributed by atoms with Gasteiger partial charge in [-0.25, -0.2) is 4.99 Å². The van der Waals surface area contributed by atoms with Crippen LogP contribution in [0.15, 0.2) is 53.5 Å². The average molecular weight is 538 g/mol. The van der Waals surface area contributed by atoms with Crippen molar-refractivity contribution in [3.8, 4) is 5.75 Å². The van der Waals surface area contributed by atoms with Crippen molar-refractivity contribution in [3.63, 3.8) is 0 Å². The summed E-state index contributed by atoms with van der Waals surface area (Å²) < 4.78 is 5.41. The lowest BCUT2D eigenvalue weighted by Crippen LogP contribution is -2.38. The summed E-state index contributed by atoms with van der Waals surface area (Å²) in [6, 6.07) is 15.7. The SMILES string of the molecule is CCCCNC(=O)c1ccc(CN=C(NCC)NCCc2ccccc2OC)cc1.I. The minimum atomic E-state index is -0.0233. The van der Waals surface area contributed by atoms with E-state index in [2.05, 4.69) is 33.9 Å². The molecule has 170 valence electrons. The summed E-state index contributed by atoms with van der Waals surface area (Å²) in [6.07, 6.45) is 2.91. The molecule has 0 radical (unpaired) electrons. The minimum absolute atomic E-state index is 0. The molecule has 0 spiro atoms. The molecule has 0 bridgehead atoms. The molecule has 3 N–H and O–H groups in total. The van der Waals surface area contributed by atoms with Crippen molar-refractivity contribution >= 4 is 35.8 Å². The van der Waals surface area contributed by atoms with Gasteiger partial charge >= 0.3 is 0 Å². The van der Waals surface area contributed by atoms with Gasteiger partial charge in [0.1, 0.15) is 5.75 Å². The van der Waals surface area contributed by atoms with Crippen molar-refractivity contribution in [1.82, 2.24) is 16.0 Å². The quantitative estimate of drug-likeness (QED) is 0.174. The predicted molar refractivity (Wildman–Crippen MR) is 139 cm³/mol. The maximum Gasteiger partial charge on any atom is 0.251 e.